The van der Waals surface area contributed by atoms with E-state index in [1.165, 1.54) is 54.0 Å². The smallest absolute Gasteiger partial charge is 0.405 e. The van der Waals surface area contributed by atoms with Crippen LogP contribution in [0.25, 0.3) is 0 Å². The Labute approximate surface area is 146 Å². The van der Waals surface area contributed by atoms with E-state index in [-0.39, 0.29) is 35.3 Å². The number of halogens is 4. The van der Waals surface area contributed by atoms with Crippen molar-refractivity contribution in [2.24, 2.45) is 0 Å². The predicted octanol–water partition coefficient (Wildman–Crippen LogP) is 4.48. The average Bonchev–Trinajstić information content (AvgIpc) is 2.54. The molecule has 0 saturated carbocycles. The van der Waals surface area contributed by atoms with Gasteiger partial charge in [0.25, 0.3) is 0 Å². The van der Waals surface area contributed by atoms with Crippen molar-refractivity contribution < 1.29 is 27.1 Å². The van der Waals surface area contributed by atoms with Crippen molar-refractivity contribution in [2.45, 2.75) is 17.8 Å². The lowest BCUT2D eigenvalue weighted by molar-refractivity contribution is -0.275. The van der Waals surface area contributed by atoms with E-state index < -0.39 is 6.36 Å². The third-order valence-electron chi connectivity index (χ3n) is 3.21. The monoisotopic (exact) mass is 373 g/mol. The van der Waals surface area contributed by atoms with Gasteiger partial charge in [-0.1, -0.05) is 18.2 Å². The van der Waals surface area contributed by atoms with Gasteiger partial charge in [0.05, 0.1) is 5.75 Å². The lowest BCUT2D eigenvalue weighted by Gasteiger charge is -2.19. The number of thioether (sulfide) groups is 1. The fourth-order valence-electron chi connectivity index (χ4n) is 1.99. The van der Waals surface area contributed by atoms with Crippen LogP contribution in [0.1, 0.15) is 5.56 Å². The Kier molecular flexibility index (Phi) is 6.30. The zero-order valence-electron chi connectivity index (χ0n) is 13.2. The van der Waals surface area contributed by atoms with Crippen LogP contribution in [0.3, 0.4) is 0 Å². The van der Waals surface area contributed by atoms with E-state index >= 15 is 0 Å². The minimum absolute atomic E-state index is 0.0188. The molecule has 25 heavy (non-hydrogen) atoms. The third-order valence-corrected chi connectivity index (χ3v) is 4.20. The van der Waals surface area contributed by atoms with Crippen molar-refractivity contribution in [1.29, 1.82) is 0 Å². The Morgan fingerprint density at radius 1 is 1.12 bits per heavy atom. The normalized spacial score (nSPS) is 11.2. The largest absolute Gasteiger partial charge is 0.573 e. The minimum Gasteiger partial charge on any atom is -0.405 e. The molecule has 0 atom stereocenters. The van der Waals surface area contributed by atoms with E-state index in [2.05, 4.69) is 4.74 Å². The second kappa shape index (κ2) is 8.24. The number of amides is 1. The first-order valence-corrected chi connectivity index (χ1v) is 8.19. The van der Waals surface area contributed by atoms with Gasteiger partial charge in [0, 0.05) is 24.1 Å². The van der Waals surface area contributed by atoms with Gasteiger partial charge in [-0.05, 0) is 30.3 Å². The molecule has 0 fully saturated rings. The zero-order valence-corrected chi connectivity index (χ0v) is 14.0. The SMILES string of the molecule is CN(Cc1ccccc1OC(F)(F)F)C(=O)CSc1ccc(F)cc1. The quantitative estimate of drug-likeness (QED) is 0.553. The topological polar surface area (TPSA) is 29.5 Å². The highest BCUT2D eigenvalue weighted by atomic mass is 32.2. The van der Waals surface area contributed by atoms with Crippen LogP contribution in [0.4, 0.5) is 17.6 Å². The van der Waals surface area contributed by atoms with Crippen LogP contribution in [0.15, 0.2) is 53.4 Å². The van der Waals surface area contributed by atoms with Crippen molar-refractivity contribution in [1.82, 2.24) is 4.90 Å². The molecule has 8 heteroatoms. The Hall–Kier alpha value is -2.22. The van der Waals surface area contributed by atoms with Gasteiger partial charge in [-0.3, -0.25) is 4.79 Å². The second-order valence-electron chi connectivity index (χ2n) is 5.15. The molecule has 0 N–H and O–H groups in total. The first kappa shape index (κ1) is 19.1. The number of ether oxygens (including phenoxy) is 1. The van der Waals surface area contributed by atoms with E-state index in [0.29, 0.717) is 0 Å². The molecular formula is C17H15F4NO2S. The molecule has 134 valence electrons. The van der Waals surface area contributed by atoms with Crippen molar-refractivity contribution >= 4 is 17.7 Å². The maximum Gasteiger partial charge on any atom is 0.573 e. The second-order valence-corrected chi connectivity index (χ2v) is 6.20. The lowest BCUT2D eigenvalue weighted by atomic mass is 10.2. The number of hydrogen-bond donors (Lipinski definition) is 0. The van der Waals surface area contributed by atoms with Gasteiger partial charge >= 0.3 is 6.36 Å². The van der Waals surface area contributed by atoms with Crippen LogP contribution in [0.5, 0.6) is 5.75 Å². The van der Waals surface area contributed by atoms with Gasteiger partial charge in [0.1, 0.15) is 11.6 Å². The number of rotatable bonds is 6. The van der Waals surface area contributed by atoms with E-state index in [1.54, 1.807) is 18.2 Å². The van der Waals surface area contributed by atoms with Gasteiger partial charge in [-0.2, -0.15) is 0 Å². The molecule has 0 radical (unpaired) electrons. The molecule has 0 aliphatic carbocycles. The Balaban J connectivity index is 1.95. The number of benzene rings is 2. The van der Waals surface area contributed by atoms with Crippen molar-refractivity contribution in [3.63, 3.8) is 0 Å². The van der Waals surface area contributed by atoms with Crippen molar-refractivity contribution in [2.75, 3.05) is 12.8 Å². The van der Waals surface area contributed by atoms with E-state index in [0.717, 1.165) is 4.90 Å². The van der Waals surface area contributed by atoms with Crippen LogP contribution in [0, 0.1) is 5.82 Å². The van der Waals surface area contributed by atoms with Gasteiger partial charge in [-0.15, -0.1) is 24.9 Å². The van der Waals surface area contributed by atoms with Crippen LogP contribution in [-0.2, 0) is 11.3 Å². The summed E-state index contributed by atoms with van der Waals surface area (Å²) < 4.78 is 54.1. The Morgan fingerprint density at radius 2 is 1.76 bits per heavy atom. The molecule has 0 unspecified atom stereocenters. The molecule has 2 rings (SSSR count). The summed E-state index contributed by atoms with van der Waals surface area (Å²) in [6, 6.07) is 11.4. The molecule has 0 bridgehead atoms. The number of carbonyl (C=O) groups is 1. The first-order valence-electron chi connectivity index (χ1n) is 7.20. The Morgan fingerprint density at radius 3 is 2.40 bits per heavy atom. The summed E-state index contributed by atoms with van der Waals surface area (Å²) in [7, 11) is 1.50. The molecule has 0 aliphatic rings. The number of alkyl halides is 3. The lowest BCUT2D eigenvalue weighted by Crippen LogP contribution is -2.28. The van der Waals surface area contributed by atoms with Crippen molar-refractivity contribution in [3.8, 4) is 5.75 Å². The molecule has 3 nitrogen and oxygen atoms in total. The number of carbonyl (C=O) groups excluding carboxylic acids is 1. The molecule has 0 heterocycles. The maximum absolute atomic E-state index is 12.8. The minimum atomic E-state index is -4.79. The summed E-state index contributed by atoms with van der Waals surface area (Å²) in [4.78, 5) is 14.2. The van der Waals surface area contributed by atoms with Crippen LogP contribution >= 0.6 is 11.8 Å². The van der Waals surface area contributed by atoms with Crippen LogP contribution in [-0.4, -0.2) is 30.0 Å². The molecular weight excluding hydrogens is 358 g/mol. The fraction of sp³-hybridized carbons (Fsp3) is 0.235. The van der Waals surface area contributed by atoms with Crippen molar-refractivity contribution in [3.05, 3.63) is 59.9 Å². The van der Waals surface area contributed by atoms with Gasteiger partial charge < -0.3 is 9.64 Å². The highest BCUT2D eigenvalue weighted by molar-refractivity contribution is 8.00. The zero-order chi connectivity index (χ0) is 18.4. The number of nitrogens with zero attached hydrogens (tertiary/aromatic N) is 1. The summed E-state index contributed by atoms with van der Waals surface area (Å²) in [5.41, 5.74) is 0.252. The molecule has 0 spiro atoms. The van der Waals surface area contributed by atoms with Crippen LogP contribution in [0.2, 0.25) is 0 Å². The first-order chi connectivity index (χ1) is 11.7. The predicted molar refractivity (Wildman–Crippen MR) is 86.7 cm³/mol. The molecule has 1 amide bonds. The molecule has 0 aliphatic heterocycles. The number of hydrogen-bond acceptors (Lipinski definition) is 3. The van der Waals surface area contributed by atoms with E-state index in [1.807, 2.05) is 0 Å². The summed E-state index contributed by atoms with van der Waals surface area (Å²) in [5, 5.41) is 0. The summed E-state index contributed by atoms with van der Waals surface area (Å²) >= 11 is 1.22. The summed E-state index contributed by atoms with van der Waals surface area (Å²) in [6.45, 7) is -0.0188. The van der Waals surface area contributed by atoms with Crippen LogP contribution < -0.4 is 4.74 Å². The molecule has 2 aromatic carbocycles. The van der Waals surface area contributed by atoms with E-state index in [9.17, 15) is 22.4 Å². The molecule has 0 aromatic heterocycles. The fourth-order valence-corrected chi connectivity index (χ4v) is 2.83. The third kappa shape index (κ3) is 6.30. The number of para-hydroxylation sites is 1. The summed E-state index contributed by atoms with van der Waals surface area (Å²) in [5.74, 6) is -0.879. The van der Waals surface area contributed by atoms with Gasteiger partial charge in [0.2, 0.25) is 5.91 Å². The average molecular weight is 373 g/mol. The van der Waals surface area contributed by atoms with Gasteiger partial charge in [-0.25, -0.2) is 4.39 Å². The maximum atomic E-state index is 12.8. The summed E-state index contributed by atoms with van der Waals surface area (Å²) in [6.07, 6.45) is -4.79. The highest BCUT2D eigenvalue weighted by Crippen LogP contribution is 2.27. The Bertz CT molecular complexity index is 719. The van der Waals surface area contributed by atoms with E-state index in [4.69, 9.17) is 0 Å². The molecule has 2 aromatic rings. The highest BCUT2D eigenvalue weighted by Gasteiger charge is 2.32. The standard InChI is InChI=1S/C17H15F4NO2S/c1-22(16(23)11-25-14-8-6-13(18)7-9-14)10-12-4-2-3-5-15(12)24-17(19,20)21/h2-9H,10-11H2,1H3. The van der Waals surface area contributed by atoms with Gasteiger partial charge in [0.15, 0.2) is 0 Å². The molecule has 0 saturated heterocycles.